The first kappa shape index (κ1) is 7.88. The Kier molecular flexibility index (Phi) is 2.33. The van der Waals surface area contributed by atoms with Crippen molar-refractivity contribution in [1.29, 1.82) is 0 Å². The topological polar surface area (TPSA) is 38.5 Å². The van der Waals surface area contributed by atoms with E-state index in [4.69, 9.17) is 10.6 Å². The molecule has 2 N–H and O–H groups in total. The molecule has 0 saturated heterocycles. The van der Waals surface area contributed by atoms with Crippen molar-refractivity contribution in [1.82, 2.24) is 0 Å². The first-order chi connectivity index (χ1) is 5.24. The van der Waals surface area contributed by atoms with E-state index < -0.39 is 0 Å². The fraction of sp³-hybridized carbons (Fsp3) is 0.250. The summed E-state index contributed by atoms with van der Waals surface area (Å²) in [4.78, 5) is 4.97. The summed E-state index contributed by atoms with van der Waals surface area (Å²) in [6, 6.07) is 7.51. The van der Waals surface area contributed by atoms with E-state index in [1.807, 2.05) is 31.3 Å². The number of nitrogen functional groups attached to an aromatic ring is 1. The Labute approximate surface area is 66.3 Å². The molecule has 11 heavy (non-hydrogen) atoms. The van der Waals surface area contributed by atoms with Crippen molar-refractivity contribution in [2.75, 3.05) is 25.0 Å². The van der Waals surface area contributed by atoms with Crippen LogP contribution in [0.4, 0.5) is 11.4 Å². The van der Waals surface area contributed by atoms with Gasteiger partial charge >= 0.3 is 0 Å². The van der Waals surface area contributed by atoms with Gasteiger partial charge in [-0.3, -0.25) is 9.90 Å². The van der Waals surface area contributed by atoms with Gasteiger partial charge in [-0.05, 0) is 18.2 Å². The number of benzene rings is 1. The average Bonchev–Trinajstić information content (AvgIpc) is 2.03. The zero-order valence-corrected chi connectivity index (χ0v) is 6.74. The second-order valence-corrected chi connectivity index (χ2v) is 2.28. The normalized spacial score (nSPS) is 9.64. The number of anilines is 2. The molecule has 0 amide bonds. The third kappa shape index (κ3) is 1.85. The predicted molar refractivity (Wildman–Crippen MR) is 46.3 cm³/mol. The fourth-order valence-corrected chi connectivity index (χ4v) is 0.826. The molecule has 0 saturated carbocycles. The molecule has 3 heteroatoms. The molecule has 0 unspecified atom stereocenters. The zero-order valence-electron chi connectivity index (χ0n) is 6.74. The highest BCUT2D eigenvalue weighted by Crippen LogP contribution is 2.15. The van der Waals surface area contributed by atoms with Crippen LogP contribution in [0.3, 0.4) is 0 Å². The number of nitrogens with two attached hydrogens (primary N) is 1. The third-order valence-electron chi connectivity index (χ3n) is 1.51. The van der Waals surface area contributed by atoms with Crippen molar-refractivity contribution < 1.29 is 4.84 Å². The molecule has 0 aliphatic rings. The Morgan fingerprint density at radius 3 is 2.73 bits per heavy atom. The van der Waals surface area contributed by atoms with Gasteiger partial charge in [-0.15, -0.1) is 0 Å². The van der Waals surface area contributed by atoms with Gasteiger partial charge in [0.15, 0.2) is 0 Å². The Bertz CT molecular complexity index is 237. The minimum absolute atomic E-state index is 0.742. The van der Waals surface area contributed by atoms with Gasteiger partial charge in [0.2, 0.25) is 0 Å². The Balaban J connectivity index is 2.86. The molecule has 0 heterocycles. The van der Waals surface area contributed by atoms with Crippen LogP contribution in [-0.4, -0.2) is 14.2 Å². The fourth-order valence-electron chi connectivity index (χ4n) is 0.826. The lowest BCUT2D eigenvalue weighted by Gasteiger charge is -2.15. The maximum atomic E-state index is 5.57. The quantitative estimate of drug-likeness (QED) is 0.512. The van der Waals surface area contributed by atoms with Crippen LogP contribution in [0.15, 0.2) is 24.3 Å². The number of nitrogens with zero attached hydrogens (tertiary/aromatic N) is 1. The summed E-state index contributed by atoms with van der Waals surface area (Å²) in [6.07, 6.45) is 0. The first-order valence-electron chi connectivity index (χ1n) is 3.37. The van der Waals surface area contributed by atoms with Crippen molar-refractivity contribution in [2.24, 2.45) is 0 Å². The molecular weight excluding hydrogens is 140 g/mol. The highest BCUT2D eigenvalue weighted by atomic mass is 16.7. The molecule has 0 spiro atoms. The van der Waals surface area contributed by atoms with Gasteiger partial charge < -0.3 is 5.73 Å². The minimum Gasteiger partial charge on any atom is -0.399 e. The summed E-state index contributed by atoms with van der Waals surface area (Å²) in [5.41, 5.74) is 7.26. The van der Waals surface area contributed by atoms with Crippen molar-refractivity contribution in [3.05, 3.63) is 24.3 Å². The van der Waals surface area contributed by atoms with Gasteiger partial charge in [0, 0.05) is 12.7 Å². The van der Waals surface area contributed by atoms with E-state index in [2.05, 4.69) is 0 Å². The predicted octanol–water partition coefficient (Wildman–Crippen LogP) is 1.27. The van der Waals surface area contributed by atoms with Gasteiger partial charge in [-0.2, -0.15) is 0 Å². The second kappa shape index (κ2) is 3.25. The molecule has 0 bridgehead atoms. The van der Waals surface area contributed by atoms with Gasteiger partial charge in [0.1, 0.15) is 0 Å². The molecular formula is C8H12N2O. The van der Waals surface area contributed by atoms with E-state index in [-0.39, 0.29) is 0 Å². The summed E-state index contributed by atoms with van der Waals surface area (Å²) in [5.74, 6) is 0. The average molecular weight is 152 g/mol. The molecule has 0 atom stereocenters. The van der Waals surface area contributed by atoms with Crippen LogP contribution in [0.1, 0.15) is 0 Å². The minimum atomic E-state index is 0.742. The number of hydrogen-bond acceptors (Lipinski definition) is 3. The molecule has 0 radical (unpaired) electrons. The Hall–Kier alpha value is -1.22. The standard InChI is InChI=1S/C8H12N2O/c1-10(11-2)8-5-3-4-7(9)6-8/h3-6H,9H2,1-2H3. The van der Waals surface area contributed by atoms with Crippen LogP contribution >= 0.6 is 0 Å². The molecule has 1 aromatic carbocycles. The van der Waals surface area contributed by atoms with Gasteiger partial charge in [0.05, 0.1) is 12.8 Å². The monoisotopic (exact) mass is 152 g/mol. The van der Waals surface area contributed by atoms with Crippen LogP contribution in [0.5, 0.6) is 0 Å². The molecule has 1 aromatic rings. The number of hydroxylamine groups is 1. The summed E-state index contributed by atoms with van der Waals surface area (Å²) in [5, 5.41) is 1.65. The lowest BCUT2D eigenvalue weighted by Crippen LogP contribution is -2.14. The number of hydrogen-bond donors (Lipinski definition) is 1. The molecule has 3 nitrogen and oxygen atoms in total. The van der Waals surface area contributed by atoms with Crippen molar-refractivity contribution in [3.63, 3.8) is 0 Å². The molecule has 1 rings (SSSR count). The van der Waals surface area contributed by atoms with E-state index in [9.17, 15) is 0 Å². The number of rotatable bonds is 2. The van der Waals surface area contributed by atoms with E-state index in [1.165, 1.54) is 0 Å². The highest BCUT2D eigenvalue weighted by Gasteiger charge is 1.96. The maximum absolute atomic E-state index is 5.57. The van der Waals surface area contributed by atoms with Gasteiger partial charge in [0.25, 0.3) is 0 Å². The largest absolute Gasteiger partial charge is 0.399 e. The summed E-state index contributed by atoms with van der Waals surface area (Å²) < 4.78 is 0. The van der Waals surface area contributed by atoms with E-state index in [0.717, 1.165) is 11.4 Å². The van der Waals surface area contributed by atoms with Gasteiger partial charge in [-0.1, -0.05) is 6.07 Å². The zero-order chi connectivity index (χ0) is 8.27. The maximum Gasteiger partial charge on any atom is 0.0653 e. The van der Waals surface area contributed by atoms with Crippen LogP contribution < -0.4 is 10.8 Å². The van der Waals surface area contributed by atoms with E-state index in [1.54, 1.807) is 12.2 Å². The van der Waals surface area contributed by atoms with Crippen LogP contribution in [0.2, 0.25) is 0 Å². The molecule has 0 aliphatic carbocycles. The van der Waals surface area contributed by atoms with Crippen molar-refractivity contribution in [2.45, 2.75) is 0 Å². The summed E-state index contributed by atoms with van der Waals surface area (Å²) in [6.45, 7) is 0. The first-order valence-corrected chi connectivity index (χ1v) is 3.37. The van der Waals surface area contributed by atoms with Crippen LogP contribution in [-0.2, 0) is 4.84 Å². The lowest BCUT2D eigenvalue weighted by molar-refractivity contribution is 0.185. The lowest BCUT2D eigenvalue weighted by atomic mass is 10.3. The summed E-state index contributed by atoms with van der Waals surface area (Å²) in [7, 11) is 3.44. The van der Waals surface area contributed by atoms with Crippen LogP contribution in [0, 0.1) is 0 Å². The van der Waals surface area contributed by atoms with E-state index >= 15 is 0 Å². The van der Waals surface area contributed by atoms with Crippen LogP contribution in [0.25, 0.3) is 0 Å². The van der Waals surface area contributed by atoms with Crippen molar-refractivity contribution in [3.8, 4) is 0 Å². The molecule has 0 fully saturated rings. The third-order valence-corrected chi connectivity index (χ3v) is 1.51. The second-order valence-electron chi connectivity index (χ2n) is 2.28. The van der Waals surface area contributed by atoms with Gasteiger partial charge in [-0.25, -0.2) is 0 Å². The molecule has 0 aromatic heterocycles. The SMILES string of the molecule is CON(C)c1cccc(N)c1. The highest BCUT2D eigenvalue weighted by molar-refractivity contribution is 5.53. The smallest absolute Gasteiger partial charge is 0.0653 e. The molecule has 0 aliphatic heterocycles. The van der Waals surface area contributed by atoms with Crippen molar-refractivity contribution >= 4 is 11.4 Å². The molecule has 60 valence electrons. The Morgan fingerprint density at radius 1 is 1.45 bits per heavy atom. The summed E-state index contributed by atoms with van der Waals surface area (Å²) >= 11 is 0. The van der Waals surface area contributed by atoms with E-state index in [0.29, 0.717) is 0 Å². The Morgan fingerprint density at radius 2 is 2.18 bits per heavy atom.